The topological polar surface area (TPSA) is 346 Å². The summed E-state index contributed by atoms with van der Waals surface area (Å²) in [5.74, 6) is 0. The molecule has 135 valence electrons. The first-order valence-electron chi connectivity index (χ1n) is 3.54. The molecule has 0 aromatic heterocycles. The van der Waals surface area contributed by atoms with Crippen LogP contribution in [-0.2, 0) is 55.7 Å². The van der Waals surface area contributed by atoms with Gasteiger partial charge in [0.25, 0.3) is 0 Å². The third-order valence-corrected chi connectivity index (χ3v) is 0. The summed E-state index contributed by atoms with van der Waals surface area (Å²) in [6.45, 7) is 0. The predicted octanol–water partition coefficient (Wildman–Crippen LogP) is -19.7. The zero-order chi connectivity index (χ0) is 17.9. The van der Waals surface area contributed by atoms with E-state index in [2.05, 4.69) is 0 Å². The van der Waals surface area contributed by atoms with Gasteiger partial charge in [-0.2, -0.15) is 0 Å². The first-order valence-corrected chi connectivity index (χ1v) is 3.54. The SMILES string of the molecule is [O-]B([O-])[O-].[O-]B([O-])[O-].[O-]B([O-])[O-].[O-]B([O-])[O-].[O-]B([O-])[O-].[V].[V].[V]. The number of hydrogen-bond donors (Lipinski definition) is 0. The smallest absolute Gasteiger partial charge is 0 e. The van der Waals surface area contributed by atoms with Gasteiger partial charge in [0.15, 0.2) is 0 Å². The van der Waals surface area contributed by atoms with Crippen molar-refractivity contribution in [2.75, 3.05) is 0 Å². The minimum atomic E-state index is -2.92. The molecule has 15 nitrogen and oxygen atoms in total. The zero-order valence-corrected chi connectivity index (χ0v) is 14.5. The van der Waals surface area contributed by atoms with Crippen molar-refractivity contribution in [1.82, 2.24) is 0 Å². The molecular weight excluding hydrogens is 447 g/mol. The maximum Gasteiger partial charge on any atom is 0 e. The molecule has 0 aliphatic carbocycles. The van der Waals surface area contributed by atoms with E-state index in [-0.39, 0.29) is 55.7 Å². The normalized spacial score (nSPS) is 5.87. The Balaban J connectivity index is -0.0000000197. The standard InChI is InChI=1S/5BO3.3V/c5*2-1(3)4;;;/q5*-3;;;. The number of rotatable bonds is 0. The van der Waals surface area contributed by atoms with Crippen LogP contribution in [0.2, 0.25) is 0 Å². The molecule has 0 unspecified atom stereocenters. The first-order chi connectivity index (χ1) is 8.66. The zero-order valence-electron chi connectivity index (χ0n) is 10.4. The van der Waals surface area contributed by atoms with E-state index < -0.39 is 36.6 Å². The predicted molar refractivity (Wildman–Crippen MR) is 28.8 cm³/mol. The van der Waals surface area contributed by atoms with Crippen molar-refractivity contribution in [3.63, 3.8) is 0 Å². The Bertz CT molecular complexity index is 87.7. The Morgan fingerprint density at radius 1 is 0.217 bits per heavy atom. The summed E-state index contributed by atoms with van der Waals surface area (Å²) >= 11 is 0. The molecule has 0 saturated heterocycles. The van der Waals surface area contributed by atoms with E-state index in [1.165, 1.54) is 0 Å². The van der Waals surface area contributed by atoms with E-state index in [4.69, 9.17) is 75.4 Å². The summed E-state index contributed by atoms with van der Waals surface area (Å²) in [7, 11) is -14.6. The molecule has 0 saturated carbocycles. The molecule has 0 aromatic carbocycles. The Hall–Kier alpha value is 1.48. The molecule has 0 heterocycles. The van der Waals surface area contributed by atoms with Crippen LogP contribution in [0, 0.1) is 0 Å². The molecule has 0 aromatic rings. The van der Waals surface area contributed by atoms with Crippen LogP contribution in [0.3, 0.4) is 0 Å². The molecule has 23 heteroatoms. The average Bonchev–Trinajstić information content (AvgIpc) is 1.94. The second-order valence-corrected chi connectivity index (χ2v) is 1.44. The van der Waals surface area contributed by atoms with Crippen LogP contribution in [0.15, 0.2) is 0 Å². The molecule has 0 N–H and O–H groups in total. The van der Waals surface area contributed by atoms with Crippen molar-refractivity contribution in [2.24, 2.45) is 0 Å². The van der Waals surface area contributed by atoms with Crippen molar-refractivity contribution < 1.29 is 131 Å². The van der Waals surface area contributed by atoms with Gasteiger partial charge < -0.3 is 75.4 Å². The van der Waals surface area contributed by atoms with Gasteiger partial charge in [0, 0.05) is 55.7 Å². The largest absolute Gasteiger partial charge is 0.907 e. The second kappa shape index (κ2) is 43.7. The van der Waals surface area contributed by atoms with Gasteiger partial charge in [-0.15, -0.1) is 0 Å². The maximum atomic E-state index is 8.42. The van der Waals surface area contributed by atoms with Crippen molar-refractivity contribution >= 4 is 36.6 Å². The molecule has 3 radical (unpaired) electrons. The maximum absolute atomic E-state index is 8.42. The minimum Gasteiger partial charge on any atom is -0.907 e. The van der Waals surface area contributed by atoms with E-state index in [0.717, 1.165) is 0 Å². The van der Waals surface area contributed by atoms with E-state index in [1.54, 1.807) is 0 Å². The molecule has 0 aliphatic rings. The van der Waals surface area contributed by atoms with Gasteiger partial charge in [0.1, 0.15) is 0 Å². The Morgan fingerprint density at radius 2 is 0.217 bits per heavy atom. The van der Waals surface area contributed by atoms with Crippen LogP contribution in [0.5, 0.6) is 0 Å². The third-order valence-electron chi connectivity index (χ3n) is 0. The minimum absolute atomic E-state index is 0. The Labute approximate surface area is 167 Å². The summed E-state index contributed by atoms with van der Waals surface area (Å²) in [5.41, 5.74) is 0. The van der Waals surface area contributed by atoms with Crippen LogP contribution in [-0.4, -0.2) is 36.6 Å². The monoisotopic (exact) mass is 448 g/mol. The van der Waals surface area contributed by atoms with Gasteiger partial charge in [0.05, 0.1) is 0 Å². The molecule has 0 atom stereocenters. The van der Waals surface area contributed by atoms with Crippen molar-refractivity contribution in [3.8, 4) is 0 Å². The van der Waals surface area contributed by atoms with Crippen LogP contribution in [0.1, 0.15) is 0 Å². The summed E-state index contributed by atoms with van der Waals surface area (Å²) < 4.78 is 0. The Morgan fingerprint density at radius 3 is 0.217 bits per heavy atom. The van der Waals surface area contributed by atoms with Crippen molar-refractivity contribution in [3.05, 3.63) is 0 Å². The molecule has 0 fully saturated rings. The van der Waals surface area contributed by atoms with Gasteiger partial charge in [-0.1, -0.05) is 0 Å². The van der Waals surface area contributed by atoms with E-state index >= 15 is 0 Å². The molecule has 0 bridgehead atoms. The van der Waals surface area contributed by atoms with Crippen molar-refractivity contribution in [2.45, 2.75) is 0 Å². The van der Waals surface area contributed by atoms with Crippen LogP contribution < -0.4 is 75.4 Å². The fourth-order valence-corrected chi connectivity index (χ4v) is 0. The van der Waals surface area contributed by atoms with Crippen molar-refractivity contribution in [1.29, 1.82) is 0 Å². The molecular formula is B5O15V3-15. The Kier molecular flexibility index (Phi) is 94.4. The molecule has 0 aliphatic heterocycles. The van der Waals surface area contributed by atoms with Crippen LogP contribution >= 0.6 is 0 Å². The fourth-order valence-electron chi connectivity index (χ4n) is 0. The van der Waals surface area contributed by atoms with Gasteiger partial charge in [0.2, 0.25) is 0 Å². The molecule has 23 heavy (non-hydrogen) atoms. The summed E-state index contributed by atoms with van der Waals surface area (Å²) in [6, 6.07) is 0. The van der Waals surface area contributed by atoms with Crippen LogP contribution in [0.4, 0.5) is 0 Å². The van der Waals surface area contributed by atoms with Gasteiger partial charge >= 0.3 is 0 Å². The molecule has 0 rings (SSSR count). The summed E-state index contributed by atoms with van der Waals surface area (Å²) in [5, 5.41) is 126. The van der Waals surface area contributed by atoms with Gasteiger partial charge in [-0.25, -0.2) is 0 Å². The number of hydrogen-bond acceptors (Lipinski definition) is 15. The summed E-state index contributed by atoms with van der Waals surface area (Å²) in [6.07, 6.45) is 0. The van der Waals surface area contributed by atoms with Crippen LogP contribution in [0.25, 0.3) is 0 Å². The molecule has 0 spiro atoms. The van der Waals surface area contributed by atoms with E-state index in [1.807, 2.05) is 0 Å². The summed E-state index contributed by atoms with van der Waals surface area (Å²) in [4.78, 5) is 0. The van der Waals surface area contributed by atoms with Gasteiger partial charge in [-0.05, 0) is 0 Å². The van der Waals surface area contributed by atoms with E-state index in [0.29, 0.717) is 0 Å². The average molecular weight is 447 g/mol. The fraction of sp³-hybridized carbons (Fsp3) is 0. The second-order valence-electron chi connectivity index (χ2n) is 1.44. The molecule has 0 amide bonds. The van der Waals surface area contributed by atoms with E-state index in [9.17, 15) is 0 Å². The first kappa shape index (κ1) is 49.7. The quantitative estimate of drug-likeness (QED) is 0.311. The van der Waals surface area contributed by atoms with Gasteiger partial charge in [-0.3, -0.25) is 36.6 Å². The third kappa shape index (κ3) is 4960.